The Morgan fingerprint density at radius 3 is 2.87 bits per heavy atom. The van der Waals surface area contributed by atoms with Crippen LogP contribution >= 0.6 is 12.3 Å². The average molecular weight is 437 g/mol. The molecule has 1 aromatic carbocycles. The summed E-state index contributed by atoms with van der Waals surface area (Å²) in [5, 5.41) is 0. The number of benzene rings is 1. The monoisotopic (exact) mass is 436 g/mol. The van der Waals surface area contributed by atoms with Crippen LogP contribution in [0.3, 0.4) is 0 Å². The minimum absolute atomic E-state index is 0.343. The van der Waals surface area contributed by atoms with Crippen LogP contribution in [0.25, 0.3) is 0 Å². The van der Waals surface area contributed by atoms with Crippen molar-refractivity contribution in [2.45, 2.75) is 63.9 Å². The molecule has 7 heteroatoms. The molecule has 4 rings (SSSR count). The van der Waals surface area contributed by atoms with Crippen molar-refractivity contribution in [3.05, 3.63) is 29.3 Å². The van der Waals surface area contributed by atoms with Crippen molar-refractivity contribution in [1.82, 2.24) is 4.90 Å². The molecule has 3 aliphatic rings. The topological polar surface area (TPSA) is 66.2 Å². The quantitative estimate of drug-likeness (QED) is 0.262. The third kappa shape index (κ3) is 4.52. The van der Waals surface area contributed by atoms with Crippen molar-refractivity contribution in [3.8, 4) is 5.75 Å². The van der Waals surface area contributed by atoms with Crippen molar-refractivity contribution in [2.75, 3.05) is 27.2 Å². The summed E-state index contributed by atoms with van der Waals surface area (Å²) >= 11 is 0.738. The first-order valence-corrected chi connectivity index (χ1v) is 12.0. The highest BCUT2D eigenvalue weighted by Gasteiger charge is 2.55. The second-order valence-corrected chi connectivity index (χ2v) is 10.2. The molecule has 0 saturated heterocycles. The molecule has 0 heterocycles. The Labute approximate surface area is 185 Å². The van der Waals surface area contributed by atoms with E-state index in [1.54, 1.807) is 0 Å². The van der Waals surface area contributed by atoms with Gasteiger partial charge in [0.25, 0.3) is 12.3 Å². The molecule has 30 heavy (non-hydrogen) atoms. The van der Waals surface area contributed by atoms with Crippen molar-refractivity contribution in [2.24, 2.45) is 23.1 Å². The minimum Gasteiger partial charge on any atom is -0.399 e. The minimum atomic E-state index is 0.343. The molecule has 2 saturated carbocycles. The number of aryl methyl sites for hydroxylation is 1. The van der Waals surface area contributed by atoms with Gasteiger partial charge >= 0.3 is 0 Å². The molecule has 0 amide bonds. The van der Waals surface area contributed by atoms with Gasteiger partial charge in [-0.05, 0) is 112 Å². The average Bonchev–Trinajstić information content (AvgIpc) is 3.07. The normalized spacial score (nSPS) is 32.6. The number of nitrogens with zero attached hydrogens (tertiary/aromatic N) is 1. The van der Waals surface area contributed by atoms with Crippen LogP contribution in [-0.4, -0.2) is 38.3 Å². The van der Waals surface area contributed by atoms with E-state index in [1.807, 2.05) is 6.07 Å². The van der Waals surface area contributed by atoms with Crippen LogP contribution in [0.2, 0.25) is 0 Å². The first kappa shape index (κ1) is 22.4. The highest BCUT2D eigenvalue weighted by Crippen LogP contribution is 2.61. The Bertz CT molecular complexity index is 718. The van der Waals surface area contributed by atoms with Gasteiger partial charge in [0.2, 0.25) is 0 Å². The van der Waals surface area contributed by atoms with Crippen molar-refractivity contribution < 1.29 is 18.2 Å². The Hall–Kier alpha value is -0.830. The molecule has 5 unspecified atom stereocenters. The summed E-state index contributed by atoms with van der Waals surface area (Å²) in [6.07, 6.45) is 9.02. The Kier molecular flexibility index (Phi) is 7.27. The van der Waals surface area contributed by atoms with Gasteiger partial charge in [0, 0.05) is 6.61 Å². The van der Waals surface area contributed by atoms with Crippen LogP contribution in [0, 0.1) is 17.3 Å². The van der Waals surface area contributed by atoms with E-state index in [0.29, 0.717) is 17.4 Å². The van der Waals surface area contributed by atoms with Crippen molar-refractivity contribution in [3.63, 3.8) is 0 Å². The molecule has 3 aliphatic carbocycles. The molecule has 168 valence electrons. The van der Waals surface area contributed by atoms with E-state index in [-0.39, 0.29) is 0 Å². The van der Waals surface area contributed by atoms with Gasteiger partial charge in [0.1, 0.15) is 5.75 Å². The molecule has 0 aliphatic heterocycles. The van der Waals surface area contributed by atoms with E-state index in [1.165, 1.54) is 43.2 Å². The van der Waals surface area contributed by atoms with E-state index in [4.69, 9.17) is 14.8 Å². The van der Waals surface area contributed by atoms with Crippen LogP contribution in [-0.2, 0) is 20.5 Å². The summed E-state index contributed by atoms with van der Waals surface area (Å²) in [6.45, 7) is 4.51. The lowest BCUT2D eigenvalue weighted by Crippen LogP contribution is -2.44. The zero-order chi connectivity index (χ0) is 21.1. The maximum atomic E-state index is 6.46. The van der Waals surface area contributed by atoms with Gasteiger partial charge in [0.15, 0.2) is 0 Å². The SMILES string of the molecule is CN(C)CCCOC1CCC2C3CCc4cc(OSOON)ccc4C3CCC12C. The maximum absolute atomic E-state index is 6.46. The molecule has 5 atom stereocenters. The predicted octanol–water partition coefficient (Wildman–Crippen LogP) is 4.64. The smallest absolute Gasteiger partial charge is 0.260 e. The third-order valence-corrected chi connectivity index (χ3v) is 8.27. The zero-order valence-electron chi connectivity index (χ0n) is 18.5. The van der Waals surface area contributed by atoms with Crippen LogP contribution in [0.5, 0.6) is 5.75 Å². The molecular formula is C23H36N2O4S. The van der Waals surface area contributed by atoms with Gasteiger partial charge in [-0.3, -0.25) is 0 Å². The van der Waals surface area contributed by atoms with Crippen LogP contribution < -0.4 is 10.1 Å². The lowest BCUT2D eigenvalue weighted by Gasteiger charge is -2.50. The summed E-state index contributed by atoms with van der Waals surface area (Å²) in [5.74, 6) is 7.86. The summed E-state index contributed by atoms with van der Waals surface area (Å²) < 4.78 is 16.5. The third-order valence-electron chi connectivity index (χ3n) is 7.88. The summed E-state index contributed by atoms with van der Waals surface area (Å²) in [4.78, 5) is 6.31. The fraction of sp³-hybridized carbons (Fsp3) is 0.739. The van der Waals surface area contributed by atoms with E-state index < -0.39 is 0 Å². The number of hydrogen-bond acceptors (Lipinski definition) is 7. The molecule has 2 N–H and O–H groups in total. The number of fused-ring (bicyclic) bond motifs is 5. The number of nitrogens with two attached hydrogens (primary N) is 1. The second-order valence-electron chi connectivity index (χ2n) is 9.73. The fourth-order valence-electron chi connectivity index (χ4n) is 6.51. The van der Waals surface area contributed by atoms with Gasteiger partial charge in [0.05, 0.1) is 6.10 Å². The first-order chi connectivity index (χ1) is 14.5. The molecule has 0 spiro atoms. The number of hydrogen-bond donors (Lipinski definition) is 1. The summed E-state index contributed by atoms with van der Waals surface area (Å²) in [5.41, 5.74) is 3.29. The van der Waals surface area contributed by atoms with Crippen LogP contribution in [0.15, 0.2) is 18.2 Å². The number of ether oxygens (including phenoxy) is 1. The summed E-state index contributed by atoms with van der Waals surface area (Å²) in [7, 11) is 4.26. The van der Waals surface area contributed by atoms with Gasteiger partial charge < -0.3 is 13.8 Å². The highest BCUT2D eigenvalue weighted by molar-refractivity contribution is 7.90. The largest absolute Gasteiger partial charge is 0.399 e. The predicted molar refractivity (Wildman–Crippen MR) is 119 cm³/mol. The molecular weight excluding hydrogens is 400 g/mol. The first-order valence-electron chi connectivity index (χ1n) is 11.3. The standard InChI is InChI=1S/C23H36N2O4S/c1-23-12-11-19-18-8-6-17(27-30-29-28-24)15-16(18)5-7-20(19)21(23)9-10-22(23)26-14-4-13-25(2)3/h6,8,15,19-22H,4-5,7,9-14,24H2,1-3H3. The summed E-state index contributed by atoms with van der Waals surface area (Å²) in [6, 6.07) is 6.45. The lowest BCUT2D eigenvalue weighted by molar-refractivity contribution is -0.199. The van der Waals surface area contributed by atoms with Crippen LogP contribution in [0.1, 0.15) is 62.5 Å². The molecule has 0 aromatic heterocycles. The fourth-order valence-corrected chi connectivity index (χ4v) is 6.75. The van der Waals surface area contributed by atoms with Crippen LogP contribution in [0.4, 0.5) is 0 Å². The van der Waals surface area contributed by atoms with E-state index >= 15 is 0 Å². The molecule has 0 radical (unpaired) electrons. The molecule has 6 nitrogen and oxygen atoms in total. The van der Waals surface area contributed by atoms with Gasteiger partial charge in [-0.25, -0.2) is 0 Å². The Morgan fingerprint density at radius 1 is 1.20 bits per heavy atom. The zero-order valence-corrected chi connectivity index (χ0v) is 19.3. The molecule has 2 fully saturated rings. The van der Waals surface area contributed by atoms with E-state index in [0.717, 1.165) is 55.9 Å². The number of rotatable bonds is 9. The molecule has 1 aromatic rings. The molecule has 0 bridgehead atoms. The maximum Gasteiger partial charge on any atom is 0.260 e. The van der Waals surface area contributed by atoms with E-state index in [9.17, 15) is 0 Å². The van der Waals surface area contributed by atoms with Gasteiger partial charge in [-0.1, -0.05) is 13.0 Å². The van der Waals surface area contributed by atoms with Crippen molar-refractivity contribution in [1.29, 1.82) is 0 Å². The highest BCUT2D eigenvalue weighted by atomic mass is 32.2. The van der Waals surface area contributed by atoms with Gasteiger partial charge in [-0.2, -0.15) is 5.90 Å². The van der Waals surface area contributed by atoms with E-state index in [2.05, 4.69) is 47.4 Å². The Balaban J connectivity index is 1.41. The van der Waals surface area contributed by atoms with Crippen molar-refractivity contribution >= 4 is 12.3 Å². The Morgan fingerprint density at radius 2 is 2.07 bits per heavy atom. The lowest BCUT2D eigenvalue weighted by atomic mass is 9.55. The van der Waals surface area contributed by atoms with Gasteiger partial charge in [-0.15, -0.1) is 9.32 Å². The second kappa shape index (κ2) is 9.76.